The highest BCUT2D eigenvalue weighted by molar-refractivity contribution is 5.96. The Morgan fingerprint density at radius 2 is 1.65 bits per heavy atom. The van der Waals surface area contributed by atoms with Crippen molar-refractivity contribution >= 4 is 11.9 Å². The van der Waals surface area contributed by atoms with Crippen LogP contribution in [-0.2, 0) is 0 Å². The Morgan fingerprint density at radius 3 is 2.00 bits per heavy atom. The van der Waals surface area contributed by atoms with Crippen molar-refractivity contribution in [3.05, 3.63) is 33.9 Å². The number of aliphatic hydroxyl groups is 2. The maximum absolute atomic E-state index is 11.4. The van der Waals surface area contributed by atoms with Crippen LogP contribution in [0.15, 0.2) is 6.07 Å². The molecule has 0 aliphatic rings. The highest BCUT2D eigenvalue weighted by Crippen LogP contribution is 2.31. The summed E-state index contributed by atoms with van der Waals surface area (Å²) in [5.41, 5.74) is 0.733. The number of carbonyl (C=O) groups is 2. The van der Waals surface area contributed by atoms with Gasteiger partial charge in [0.2, 0.25) is 0 Å². The van der Waals surface area contributed by atoms with Crippen molar-refractivity contribution in [2.75, 3.05) is 0 Å². The van der Waals surface area contributed by atoms with Crippen molar-refractivity contribution in [3.63, 3.8) is 0 Å². The van der Waals surface area contributed by atoms with Gasteiger partial charge in [-0.05, 0) is 43.0 Å². The Balaban J connectivity index is 3.71. The molecule has 0 radical (unpaired) electrons. The van der Waals surface area contributed by atoms with Gasteiger partial charge < -0.3 is 20.4 Å². The van der Waals surface area contributed by atoms with Gasteiger partial charge in [0.15, 0.2) is 6.29 Å². The second-order valence-corrected chi connectivity index (χ2v) is 4.68. The summed E-state index contributed by atoms with van der Waals surface area (Å²) in [5, 5.41) is 37.2. The largest absolute Gasteiger partial charge is 0.478 e. The maximum atomic E-state index is 11.4. The van der Waals surface area contributed by atoms with Crippen LogP contribution in [0.5, 0.6) is 0 Å². The van der Waals surface area contributed by atoms with Gasteiger partial charge in [0.05, 0.1) is 11.1 Å². The Kier molecular flexibility index (Phi) is 4.86. The summed E-state index contributed by atoms with van der Waals surface area (Å²) in [6, 6.07) is 1.22. The molecule has 4 N–H and O–H groups in total. The molecule has 0 heterocycles. The molecule has 1 aromatic rings. The molecule has 1 rings (SSSR count). The number of hydrogen-bond acceptors (Lipinski definition) is 4. The van der Waals surface area contributed by atoms with E-state index in [-0.39, 0.29) is 23.1 Å². The molecule has 0 aliphatic carbocycles. The van der Waals surface area contributed by atoms with Gasteiger partial charge in [-0.2, -0.15) is 0 Å². The second-order valence-electron chi connectivity index (χ2n) is 4.68. The fraction of sp³-hybridized carbons (Fsp3) is 0.429. The van der Waals surface area contributed by atoms with Gasteiger partial charge in [0.1, 0.15) is 0 Å². The van der Waals surface area contributed by atoms with Gasteiger partial charge in [-0.25, -0.2) is 9.59 Å². The molecule has 0 aliphatic heterocycles. The fourth-order valence-corrected chi connectivity index (χ4v) is 2.33. The van der Waals surface area contributed by atoms with Crippen LogP contribution in [0.2, 0.25) is 0 Å². The van der Waals surface area contributed by atoms with Gasteiger partial charge in [-0.15, -0.1) is 0 Å². The molecule has 0 aromatic heterocycles. The third-order valence-corrected chi connectivity index (χ3v) is 3.57. The fourth-order valence-electron chi connectivity index (χ4n) is 2.33. The zero-order valence-corrected chi connectivity index (χ0v) is 11.5. The molecule has 6 nitrogen and oxygen atoms in total. The van der Waals surface area contributed by atoms with Crippen molar-refractivity contribution < 1.29 is 30.0 Å². The SMILES string of the molecule is CCC(c1cc(C(=O)O)c(C)c(C)c1C(=O)O)C(O)O. The Hall–Kier alpha value is -1.92. The average Bonchev–Trinajstić information content (AvgIpc) is 2.32. The lowest BCUT2D eigenvalue weighted by atomic mass is 9.85. The van der Waals surface area contributed by atoms with E-state index in [4.69, 9.17) is 5.11 Å². The molecule has 0 amide bonds. The monoisotopic (exact) mass is 282 g/mol. The van der Waals surface area contributed by atoms with Crippen molar-refractivity contribution in [1.82, 2.24) is 0 Å². The van der Waals surface area contributed by atoms with Crippen LogP contribution in [0.1, 0.15) is 56.7 Å². The first-order valence-corrected chi connectivity index (χ1v) is 6.19. The van der Waals surface area contributed by atoms with Crippen LogP contribution in [0.4, 0.5) is 0 Å². The first-order valence-electron chi connectivity index (χ1n) is 6.19. The summed E-state index contributed by atoms with van der Waals surface area (Å²) in [7, 11) is 0. The summed E-state index contributed by atoms with van der Waals surface area (Å²) >= 11 is 0. The summed E-state index contributed by atoms with van der Waals surface area (Å²) in [4.78, 5) is 22.6. The lowest BCUT2D eigenvalue weighted by Crippen LogP contribution is -2.22. The molecule has 110 valence electrons. The van der Waals surface area contributed by atoms with Crippen molar-refractivity contribution in [2.45, 2.75) is 39.4 Å². The van der Waals surface area contributed by atoms with Crippen LogP contribution in [-0.4, -0.2) is 38.7 Å². The van der Waals surface area contributed by atoms with Gasteiger partial charge >= 0.3 is 11.9 Å². The normalized spacial score (nSPS) is 12.5. The molecular formula is C14H18O6. The van der Waals surface area contributed by atoms with Crippen LogP contribution in [0.3, 0.4) is 0 Å². The van der Waals surface area contributed by atoms with E-state index in [0.29, 0.717) is 11.1 Å². The Bertz CT molecular complexity index is 547. The third kappa shape index (κ3) is 2.81. The number of aromatic carboxylic acids is 2. The van der Waals surface area contributed by atoms with Gasteiger partial charge in [0.25, 0.3) is 0 Å². The molecule has 0 saturated carbocycles. The molecule has 1 aromatic carbocycles. The van der Waals surface area contributed by atoms with Crippen molar-refractivity contribution in [2.24, 2.45) is 0 Å². The van der Waals surface area contributed by atoms with Crippen molar-refractivity contribution in [3.8, 4) is 0 Å². The highest BCUT2D eigenvalue weighted by atomic mass is 16.5. The molecule has 0 spiro atoms. The van der Waals surface area contributed by atoms with Crippen LogP contribution in [0, 0.1) is 13.8 Å². The molecule has 6 heteroatoms. The van der Waals surface area contributed by atoms with E-state index in [1.54, 1.807) is 6.92 Å². The highest BCUT2D eigenvalue weighted by Gasteiger charge is 2.27. The lowest BCUT2D eigenvalue weighted by molar-refractivity contribution is -0.0611. The first-order chi connectivity index (χ1) is 9.22. The Morgan fingerprint density at radius 1 is 1.10 bits per heavy atom. The number of rotatable bonds is 5. The third-order valence-electron chi connectivity index (χ3n) is 3.57. The summed E-state index contributed by atoms with van der Waals surface area (Å²) in [6.07, 6.45) is -1.47. The van der Waals surface area contributed by atoms with Crippen LogP contribution < -0.4 is 0 Å². The molecule has 1 unspecified atom stereocenters. The minimum Gasteiger partial charge on any atom is -0.478 e. The molecular weight excluding hydrogens is 264 g/mol. The molecule has 0 bridgehead atoms. The molecule has 0 fully saturated rings. The minimum absolute atomic E-state index is 0.0263. The van der Waals surface area contributed by atoms with Crippen LogP contribution >= 0.6 is 0 Å². The summed E-state index contributed by atoms with van der Waals surface area (Å²) < 4.78 is 0. The molecule has 1 atom stereocenters. The Labute approximate surface area is 116 Å². The van der Waals surface area contributed by atoms with Gasteiger partial charge in [0, 0.05) is 5.92 Å². The van der Waals surface area contributed by atoms with E-state index < -0.39 is 24.1 Å². The lowest BCUT2D eigenvalue weighted by Gasteiger charge is -2.22. The standard InChI is InChI=1S/C14H18O6/c1-4-8(12(15)16)10-5-9(13(17)18)6(2)7(3)11(10)14(19)20/h5,8,12,15-16H,4H2,1-3H3,(H,17,18)(H,19,20). The predicted octanol–water partition coefficient (Wildman–Crippen LogP) is 1.50. The molecule has 20 heavy (non-hydrogen) atoms. The predicted molar refractivity (Wildman–Crippen MR) is 71.1 cm³/mol. The smallest absolute Gasteiger partial charge is 0.336 e. The number of benzene rings is 1. The van der Waals surface area contributed by atoms with Gasteiger partial charge in [-0.1, -0.05) is 6.92 Å². The minimum atomic E-state index is -1.75. The summed E-state index contributed by atoms with van der Waals surface area (Å²) in [6.45, 7) is 4.72. The van der Waals surface area contributed by atoms with E-state index in [2.05, 4.69) is 0 Å². The van der Waals surface area contributed by atoms with Crippen LogP contribution in [0.25, 0.3) is 0 Å². The zero-order valence-electron chi connectivity index (χ0n) is 11.5. The average molecular weight is 282 g/mol. The van der Waals surface area contributed by atoms with E-state index in [0.717, 1.165) is 0 Å². The van der Waals surface area contributed by atoms with Crippen molar-refractivity contribution in [1.29, 1.82) is 0 Å². The maximum Gasteiger partial charge on any atom is 0.336 e. The van der Waals surface area contributed by atoms with E-state index in [1.807, 2.05) is 0 Å². The quantitative estimate of drug-likeness (QED) is 0.608. The van der Waals surface area contributed by atoms with E-state index >= 15 is 0 Å². The topological polar surface area (TPSA) is 115 Å². The number of aliphatic hydroxyl groups excluding tert-OH is 1. The zero-order chi connectivity index (χ0) is 15.6. The number of carboxylic acids is 2. The summed E-state index contributed by atoms with van der Waals surface area (Å²) in [5.74, 6) is -3.23. The number of hydrogen-bond donors (Lipinski definition) is 4. The van der Waals surface area contributed by atoms with E-state index in [1.165, 1.54) is 19.9 Å². The van der Waals surface area contributed by atoms with Gasteiger partial charge in [-0.3, -0.25) is 0 Å². The second kappa shape index (κ2) is 6.02. The first kappa shape index (κ1) is 16.1. The number of carboxylic acid groups (broad SMARTS) is 2. The molecule has 0 saturated heterocycles. The van der Waals surface area contributed by atoms with E-state index in [9.17, 15) is 24.9 Å².